The van der Waals surface area contributed by atoms with Crippen LogP contribution >= 0.6 is 11.8 Å². The van der Waals surface area contributed by atoms with Crippen LogP contribution in [0.15, 0.2) is 62.6 Å². The van der Waals surface area contributed by atoms with Gasteiger partial charge in [-0.25, -0.2) is 4.79 Å². The second-order valence-electron chi connectivity index (χ2n) is 5.76. The van der Waals surface area contributed by atoms with E-state index in [4.69, 9.17) is 4.42 Å². The Balaban J connectivity index is 1.67. The summed E-state index contributed by atoms with van der Waals surface area (Å²) < 4.78 is 5.22. The second kappa shape index (κ2) is 8.23. The standard InChI is InChI=1S/C20H21NO3S/c1-2-14-10-17-15(11-20(23)24-19(17)12-18(14)22)13-21-8-9-25-16-6-4-3-5-7-16/h3-7,10-12,21-22H,2,8-9,13H2,1H3. The molecule has 0 amide bonds. The summed E-state index contributed by atoms with van der Waals surface area (Å²) in [4.78, 5) is 13.0. The molecule has 25 heavy (non-hydrogen) atoms. The molecule has 0 unspecified atom stereocenters. The third-order valence-electron chi connectivity index (χ3n) is 4.02. The Bertz CT molecular complexity index is 906. The molecule has 0 spiro atoms. The van der Waals surface area contributed by atoms with Crippen LogP contribution in [0.25, 0.3) is 11.0 Å². The lowest BCUT2D eigenvalue weighted by atomic mass is 10.0. The number of hydrogen-bond donors (Lipinski definition) is 2. The van der Waals surface area contributed by atoms with Crippen molar-refractivity contribution in [2.45, 2.75) is 24.8 Å². The van der Waals surface area contributed by atoms with Gasteiger partial charge in [0.05, 0.1) is 0 Å². The summed E-state index contributed by atoms with van der Waals surface area (Å²) in [5.41, 5.74) is 1.78. The van der Waals surface area contributed by atoms with Crippen molar-refractivity contribution < 1.29 is 9.52 Å². The minimum atomic E-state index is -0.397. The van der Waals surface area contributed by atoms with Crippen LogP contribution in [0.4, 0.5) is 0 Å². The molecule has 3 aromatic rings. The first-order valence-corrected chi connectivity index (χ1v) is 9.33. The summed E-state index contributed by atoms with van der Waals surface area (Å²) in [6.45, 7) is 3.41. The summed E-state index contributed by atoms with van der Waals surface area (Å²) in [5.74, 6) is 1.12. The van der Waals surface area contributed by atoms with Gasteiger partial charge in [0.25, 0.3) is 0 Å². The topological polar surface area (TPSA) is 62.5 Å². The van der Waals surface area contributed by atoms with Gasteiger partial charge >= 0.3 is 5.63 Å². The average Bonchev–Trinajstić information content (AvgIpc) is 2.61. The molecule has 0 radical (unpaired) electrons. The average molecular weight is 355 g/mol. The molecule has 0 aliphatic carbocycles. The van der Waals surface area contributed by atoms with Crippen molar-refractivity contribution in [2.24, 2.45) is 0 Å². The number of phenols is 1. The first kappa shape index (κ1) is 17.6. The van der Waals surface area contributed by atoms with Crippen molar-refractivity contribution >= 4 is 22.7 Å². The highest BCUT2D eigenvalue weighted by molar-refractivity contribution is 7.99. The van der Waals surface area contributed by atoms with Gasteiger partial charge in [-0.2, -0.15) is 0 Å². The SMILES string of the molecule is CCc1cc2c(CNCCSc3ccccc3)cc(=O)oc2cc1O. The third-order valence-corrected chi connectivity index (χ3v) is 5.03. The number of fused-ring (bicyclic) bond motifs is 1. The van der Waals surface area contributed by atoms with Gasteiger partial charge in [0, 0.05) is 41.3 Å². The predicted molar refractivity (Wildman–Crippen MR) is 102 cm³/mol. The molecule has 0 aliphatic heterocycles. The summed E-state index contributed by atoms with van der Waals surface area (Å²) in [5, 5.41) is 14.2. The minimum Gasteiger partial charge on any atom is -0.508 e. The van der Waals surface area contributed by atoms with Crippen molar-refractivity contribution in [3.63, 3.8) is 0 Å². The summed E-state index contributed by atoms with van der Waals surface area (Å²) in [6.07, 6.45) is 0.724. The molecule has 0 bridgehead atoms. The number of phenolic OH excluding ortho intramolecular Hbond substituents is 1. The van der Waals surface area contributed by atoms with Crippen LogP contribution in [0, 0.1) is 0 Å². The number of nitrogens with one attached hydrogen (secondary N) is 1. The van der Waals surface area contributed by atoms with Gasteiger partial charge in [0.1, 0.15) is 11.3 Å². The molecule has 0 saturated heterocycles. The number of thioether (sulfide) groups is 1. The highest BCUT2D eigenvalue weighted by atomic mass is 32.2. The maximum atomic E-state index is 11.8. The van der Waals surface area contributed by atoms with Crippen LogP contribution in [-0.2, 0) is 13.0 Å². The maximum absolute atomic E-state index is 11.8. The molecule has 130 valence electrons. The first-order chi connectivity index (χ1) is 12.2. The zero-order valence-corrected chi connectivity index (χ0v) is 14.9. The molecule has 5 heteroatoms. The van der Waals surface area contributed by atoms with Crippen LogP contribution in [0.5, 0.6) is 5.75 Å². The van der Waals surface area contributed by atoms with Crippen LogP contribution in [-0.4, -0.2) is 17.4 Å². The number of aryl methyl sites for hydroxylation is 1. The number of benzene rings is 2. The van der Waals surface area contributed by atoms with E-state index in [9.17, 15) is 9.90 Å². The predicted octanol–water partition coefficient (Wildman–Crippen LogP) is 3.94. The number of aromatic hydroxyl groups is 1. The molecule has 1 heterocycles. The lowest BCUT2D eigenvalue weighted by Crippen LogP contribution is -2.18. The third kappa shape index (κ3) is 4.44. The van der Waals surface area contributed by atoms with Crippen molar-refractivity contribution in [3.05, 3.63) is 70.1 Å². The smallest absolute Gasteiger partial charge is 0.336 e. The Labute approximate surface area is 150 Å². The summed E-state index contributed by atoms with van der Waals surface area (Å²) in [7, 11) is 0. The van der Waals surface area contributed by atoms with Crippen LogP contribution < -0.4 is 10.9 Å². The molecule has 4 nitrogen and oxygen atoms in total. The van der Waals surface area contributed by atoms with E-state index in [1.807, 2.05) is 31.2 Å². The van der Waals surface area contributed by atoms with Crippen LogP contribution in [0.1, 0.15) is 18.1 Å². The van der Waals surface area contributed by atoms with E-state index in [-0.39, 0.29) is 5.75 Å². The fourth-order valence-electron chi connectivity index (χ4n) is 2.72. The Hall–Kier alpha value is -2.24. The van der Waals surface area contributed by atoms with E-state index in [1.54, 1.807) is 11.8 Å². The van der Waals surface area contributed by atoms with Crippen molar-refractivity contribution in [2.75, 3.05) is 12.3 Å². The first-order valence-electron chi connectivity index (χ1n) is 8.34. The molecule has 0 atom stereocenters. The normalized spacial score (nSPS) is 11.1. The van der Waals surface area contributed by atoms with E-state index < -0.39 is 5.63 Å². The molecule has 2 N–H and O–H groups in total. The molecule has 0 aliphatic rings. The van der Waals surface area contributed by atoms with Gasteiger partial charge in [0.15, 0.2) is 0 Å². The van der Waals surface area contributed by atoms with Crippen molar-refractivity contribution in [3.8, 4) is 5.75 Å². The summed E-state index contributed by atoms with van der Waals surface area (Å²) >= 11 is 1.79. The van der Waals surface area contributed by atoms with E-state index in [1.165, 1.54) is 17.0 Å². The summed E-state index contributed by atoms with van der Waals surface area (Å²) in [6, 6.07) is 15.2. The molecule has 0 saturated carbocycles. The van der Waals surface area contributed by atoms with Crippen LogP contribution in [0.3, 0.4) is 0 Å². The molecule has 3 rings (SSSR count). The van der Waals surface area contributed by atoms with Gasteiger partial charge in [-0.1, -0.05) is 25.1 Å². The van der Waals surface area contributed by atoms with Gasteiger partial charge in [-0.15, -0.1) is 11.8 Å². The van der Waals surface area contributed by atoms with Gasteiger partial charge in [-0.3, -0.25) is 0 Å². The van der Waals surface area contributed by atoms with Crippen molar-refractivity contribution in [1.29, 1.82) is 0 Å². The maximum Gasteiger partial charge on any atom is 0.336 e. The highest BCUT2D eigenvalue weighted by Gasteiger charge is 2.09. The molecular weight excluding hydrogens is 334 g/mol. The lowest BCUT2D eigenvalue weighted by molar-refractivity contribution is 0.466. The Morgan fingerprint density at radius 1 is 1.12 bits per heavy atom. The molecular formula is C20H21NO3S. The highest BCUT2D eigenvalue weighted by Crippen LogP contribution is 2.26. The Morgan fingerprint density at radius 2 is 1.92 bits per heavy atom. The molecule has 2 aromatic carbocycles. The van der Waals surface area contributed by atoms with Gasteiger partial charge in [0.2, 0.25) is 0 Å². The van der Waals surface area contributed by atoms with E-state index in [2.05, 4.69) is 17.4 Å². The fraction of sp³-hybridized carbons (Fsp3) is 0.250. The second-order valence-corrected chi connectivity index (χ2v) is 6.93. The van der Waals surface area contributed by atoms with Gasteiger partial charge in [-0.05, 0) is 35.7 Å². The van der Waals surface area contributed by atoms with Gasteiger partial charge < -0.3 is 14.8 Å². The zero-order chi connectivity index (χ0) is 17.6. The molecule has 0 fully saturated rings. The number of rotatable bonds is 7. The minimum absolute atomic E-state index is 0.169. The lowest BCUT2D eigenvalue weighted by Gasteiger charge is -2.10. The van der Waals surface area contributed by atoms with E-state index >= 15 is 0 Å². The largest absolute Gasteiger partial charge is 0.508 e. The van der Waals surface area contributed by atoms with E-state index in [0.717, 1.165) is 35.2 Å². The Kier molecular flexibility index (Phi) is 5.79. The molecule has 1 aromatic heterocycles. The Morgan fingerprint density at radius 3 is 2.68 bits per heavy atom. The van der Waals surface area contributed by atoms with E-state index in [0.29, 0.717) is 12.1 Å². The monoisotopic (exact) mass is 355 g/mol. The quantitative estimate of drug-likeness (QED) is 0.382. The fourth-order valence-corrected chi connectivity index (χ4v) is 3.55. The van der Waals surface area contributed by atoms with Crippen LogP contribution in [0.2, 0.25) is 0 Å². The zero-order valence-electron chi connectivity index (χ0n) is 14.1. The number of hydrogen-bond acceptors (Lipinski definition) is 5. The van der Waals surface area contributed by atoms with Crippen molar-refractivity contribution in [1.82, 2.24) is 5.32 Å².